The molecule has 1 aliphatic rings. The molecule has 0 aromatic heterocycles. The van der Waals surface area contributed by atoms with Crippen LogP contribution in [0.2, 0.25) is 0 Å². The normalized spacial score (nSPS) is 14.3. The van der Waals surface area contributed by atoms with E-state index in [1.807, 2.05) is 55.4 Å². The number of hydrogen-bond acceptors (Lipinski definition) is 5. The van der Waals surface area contributed by atoms with Gasteiger partial charge in [-0.15, -0.1) is 0 Å². The predicted octanol–water partition coefficient (Wildman–Crippen LogP) is 3.07. The van der Waals surface area contributed by atoms with Crippen molar-refractivity contribution in [1.82, 2.24) is 15.5 Å². The largest absolute Gasteiger partial charge is 0.480 e. The van der Waals surface area contributed by atoms with Gasteiger partial charge in [0, 0.05) is 5.92 Å². The van der Waals surface area contributed by atoms with Crippen molar-refractivity contribution in [3.8, 4) is 11.1 Å². The van der Waals surface area contributed by atoms with E-state index in [4.69, 9.17) is 4.74 Å². The molecule has 0 saturated heterocycles. The van der Waals surface area contributed by atoms with Gasteiger partial charge in [0.25, 0.3) is 0 Å². The first-order valence-corrected chi connectivity index (χ1v) is 11.5. The van der Waals surface area contributed by atoms with Crippen molar-refractivity contribution in [3.05, 3.63) is 59.7 Å². The van der Waals surface area contributed by atoms with Crippen molar-refractivity contribution in [2.24, 2.45) is 5.92 Å². The third kappa shape index (κ3) is 5.94. The zero-order chi connectivity index (χ0) is 24.8. The van der Waals surface area contributed by atoms with Crippen LogP contribution < -0.4 is 10.6 Å². The van der Waals surface area contributed by atoms with Gasteiger partial charge in [0.2, 0.25) is 5.91 Å². The number of hydrogen-bond donors (Lipinski definition) is 3. The molecule has 1 aliphatic carbocycles. The van der Waals surface area contributed by atoms with E-state index in [1.54, 1.807) is 13.8 Å². The van der Waals surface area contributed by atoms with Gasteiger partial charge < -0.3 is 25.4 Å². The molecule has 2 aromatic carbocycles. The van der Waals surface area contributed by atoms with Gasteiger partial charge in [-0.05, 0) is 55.2 Å². The number of benzene rings is 2. The summed E-state index contributed by atoms with van der Waals surface area (Å²) in [5.41, 5.74) is 4.45. The Hall–Kier alpha value is -3.39. The number of aliphatic carboxylic acids is 1. The Morgan fingerprint density at radius 3 is 2.03 bits per heavy atom. The van der Waals surface area contributed by atoms with Crippen molar-refractivity contribution >= 4 is 18.0 Å². The monoisotopic (exact) mass is 467 g/mol. The highest BCUT2D eigenvalue weighted by atomic mass is 16.5. The third-order valence-electron chi connectivity index (χ3n) is 6.05. The molecule has 0 aliphatic heterocycles. The lowest BCUT2D eigenvalue weighted by Gasteiger charge is -2.24. The summed E-state index contributed by atoms with van der Waals surface area (Å²) >= 11 is 0. The average molecular weight is 468 g/mol. The van der Waals surface area contributed by atoms with E-state index < -0.39 is 30.1 Å². The van der Waals surface area contributed by atoms with Crippen molar-refractivity contribution in [3.63, 3.8) is 0 Å². The lowest BCUT2D eigenvalue weighted by Crippen LogP contribution is -2.53. The lowest BCUT2D eigenvalue weighted by molar-refractivity contribution is -0.143. The van der Waals surface area contributed by atoms with Crippen LogP contribution in [-0.2, 0) is 14.3 Å². The van der Waals surface area contributed by atoms with Gasteiger partial charge in [-0.25, -0.2) is 9.59 Å². The number of carboxylic acid groups (broad SMARTS) is 1. The first kappa shape index (κ1) is 25.2. The molecular formula is C26H33N3O5. The molecule has 1 unspecified atom stereocenters. The molecule has 3 N–H and O–H groups in total. The summed E-state index contributed by atoms with van der Waals surface area (Å²) in [5.74, 6) is -2.05. The Kier molecular flexibility index (Phi) is 8.28. The summed E-state index contributed by atoms with van der Waals surface area (Å²) in [6, 6.07) is 14.1. The maximum atomic E-state index is 12.8. The van der Waals surface area contributed by atoms with Gasteiger partial charge in [0.1, 0.15) is 18.7 Å². The van der Waals surface area contributed by atoms with E-state index in [-0.39, 0.29) is 18.4 Å². The van der Waals surface area contributed by atoms with E-state index in [2.05, 4.69) is 22.8 Å². The molecule has 8 heteroatoms. The first-order chi connectivity index (χ1) is 16.2. The molecule has 182 valence electrons. The second-order valence-electron chi connectivity index (χ2n) is 9.18. The molecule has 2 amide bonds. The number of carboxylic acids is 1. The summed E-state index contributed by atoms with van der Waals surface area (Å²) in [6.07, 6.45) is -0.398. The second-order valence-corrected chi connectivity index (χ2v) is 9.18. The summed E-state index contributed by atoms with van der Waals surface area (Å²) in [5, 5.41) is 14.6. The summed E-state index contributed by atoms with van der Waals surface area (Å²) in [7, 11) is 3.72. The summed E-state index contributed by atoms with van der Waals surface area (Å²) < 4.78 is 5.57. The number of rotatable bonds is 10. The number of amides is 2. The second kappa shape index (κ2) is 11.2. The number of carbonyl (C=O) groups excluding carboxylic acids is 2. The van der Waals surface area contributed by atoms with Crippen LogP contribution in [0, 0.1) is 5.92 Å². The molecule has 0 heterocycles. The SMILES string of the molecule is CC(C)[C@@H](NC(=O)C(CCN(C)C)NC(=O)OCC1c2ccccc2-c2ccccc21)C(=O)O. The molecule has 2 atom stereocenters. The van der Waals surface area contributed by atoms with Gasteiger partial charge in [0.15, 0.2) is 0 Å². The zero-order valence-electron chi connectivity index (χ0n) is 20.1. The molecule has 0 bridgehead atoms. The number of nitrogens with zero attached hydrogens (tertiary/aromatic N) is 1. The molecule has 0 saturated carbocycles. The average Bonchev–Trinajstić information content (AvgIpc) is 3.11. The predicted molar refractivity (Wildman–Crippen MR) is 130 cm³/mol. The van der Waals surface area contributed by atoms with E-state index in [0.29, 0.717) is 13.0 Å². The zero-order valence-corrected chi connectivity index (χ0v) is 20.1. The lowest BCUT2D eigenvalue weighted by atomic mass is 9.98. The van der Waals surface area contributed by atoms with Gasteiger partial charge >= 0.3 is 12.1 Å². The maximum absolute atomic E-state index is 12.8. The fourth-order valence-corrected chi connectivity index (χ4v) is 4.21. The number of alkyl carbamates (subject to hydrolysis) is 1. The topological polar surface area (TPSA) is 108 Å². The van der Waals surface area contributed by atoms with Crippen LogP contribution in [0.4, 0.5) is 4.79 Å². The Morgan fingerprint density at radius 1 is 0.971 bits per heavy atom. The van der Waals surface area contributed by atoms with E-state index in [9.17, 15) is 19.5 Å². The molecule has 3 rings (SSSR count). The Balaban J connectivity index is 1.68. The first-order valence-electron chi connectivity index (χ1n) is 11.5. The van der Waals surface area contributed by atoms with Gasteiger partial charge in [0.05, 0.1) is 0 Å². The Morgan fingerprint density at radius 2 is 1.53 bits per heavy atom. The van der Waals surface area contributed by atoms with Gasteiger partial charge in [-0.3, -0.25) is 4.79 Å². The molecular weight excluding hydrogens is 434 g/mol. The highest BCUT2D eigenvalue weighted by Gasteiger charge is 2.31. The van der Waals surface area contributed by atoms with Crippen LogP contribution in [-0.4, -0.2) is 67.3 Å². The highest BCUT2D eigenvalue weighted by Crippen LogP contribution is 2.44. The fourth-order valence-electron chi connectivity index (χ4n) is 4.21. The van der Waals surface area contributed by atoms with Crippen molar-refractivity contribution in [2.75, 3.05) is 27.2 Å². The van der Waals surface area contributed by atoms with Crippen LogP contribution >= 0.6 is 0 Å². The number of fused-ring (bicyclic) bond motifs is 3. The fraction of sp³-hybridized carbons (Fsp3) is 0.423. The minimum Gasteiger partial charge on any atom is -0.480 e. The van der Waals surface area contributed by atoms with Gasteiger partial charge in [-0.2, -0.15) is 0 Å². The van der Waals surface area contributed by atoms with Crippen LogP contribution in [0.15, 0.2) is 48.5 Å². The standard InChI is InChI=1S/C26H33N3O5/c1-16(2)23(25(31)32)28-24(30)22(13-14-29(3)4)27-26(33)34-15-21-19-11-7-5-9-17(19)18-10-6-8-12-20(18)21/h5-12,16,21-23H,13-15H2,1-4H3,(H,27,33)(H,28,30)(H,31,32)/t22?,23-/m1/s1. The van der Waals surface area contributed by atoms with Crippen LogP contribution in [0.3, 0.4) is 0 Å². The van der Waals surface area contributed by atoms with E-state index in [1.165, 1.54) is 0 Å². The van der Waals surface area contributed by atoms with Crippen molar-refractivity contribution in [1.29, 1.82) is 0 Å². The molecule has 0 spiro atoms. The quantitative estimate of drug-likeness (QED) is 0.496. The Bertz CT molecular complexity index is 991. The summed E-state index contributed by atoms with van der Waals surface area (Å²) in [4.78, 5) is 38.9. The smallest absolute Gasteiger partial charge is 0.407 e. The van der Waals surface area contributed by atoms with E-state index in [0.717, 1.165) is 22.3 Å². The van der Waals surface area contributed by atoms with Crippen LogP contribution in [0.25, 0.3) is 11.1 Å². The number of nitrogens with one attached hydrogen (secondary N) is 2. The number of ether oxygens (including phenoxy) is 1. The van der Waals surface area contributed by atoms with Gasteiger partial charge in [-0.1, -0.05) is 62.4 Å². The maximum Gasteiger partial charge on any atom is 0.407 e. The van der Waals surface area contributed by atoms with Crippen LogP contribution in [0.1, 0.15) is 37.3 Å². The van der Waals surface area contributed by atoms with E-state index >= 15 is 0 Å². The molecule has 8 nitrogen and oxygen atoms in total. The molecule has 34 heavy (non-hydrogen) atoms. The Labute approximate surface area is 200 Å². The molecule has 0 fully saturated rings. The minimum absolute atomic E-state index is 0.0930. The van der Waals surface area contributed by atoms with Crippen molar-refractivity contribution < 1.29 is 24.2 Å². The third-order valence-corrected chi connectivity index (χ3v) is 6.05. The molecule has 2 aromatic rings. The highest BCUT2D eigenvalue weighted by molar-refractivity contribution is 5.89. The summed E-state index contributed by atoms with van der Waals surface area (Å²) in [6.45, 7) is 4.09. The number of carbonyl (C=O) groups is 3. The molecule has 0 radical (unpaired) electrons. The van der Waals surface area contributed by atoms with Crippen LogP contribution in [0.5, 0.6) is 0 Å². The van der Waals surface area contributed by atoms with Crippen molar-refractivity contribution in [2.45, 2.75) is 38.3 Å². The minimum atomic E-state index is -1.11.